The van der Waals surface area contributed by atoms with Gasteiger partial charge in [-0.1, -0.05) is 42.5 Å². The minimum Gasteiger partial charge on any atom is -0.371 e. The van der Waals surface area contributed by atoms with E-state index in [-0.39, 0.29) is 0 Å². The summed E-state index contributed by atoms with van der Waals surface area (Å²) >= 11 is 0. The largest absolute Gasteiger partial charge is 0.371 e. The minimum atomic E-state index is 0.691. The number of nitrogens with zero attached hydrogens (tertiary/aromatic N) is 2. The second-order valence-corrected chi connectivity index (χ2v) is 5.88. The van der Waals surface area contributed by atoms with Gasteiger partial charge in [0, 0.05) is 31.4 Å². The van der Waals surface area contributed by atoms with Crippen LogP contribution in [0.25, 0.3) is 0 Å². The Labute approximate surface area is 128 Å². The molecule has 0 spiro atoms. The normalized spacial score (nSPS) is 16.4. The smallest absolute Gasteiger partial charge is 0.0366 e. The fourth-order valence-corrected chi connectivity index (χ4v) is 3.15. The van der Waals surface area contributed by atoms with Gasteiger partial charge < -0.3 is 4.90 Å². The fraction of sp³-hybridized carbons (Fsp3) is 0.368. The molecule has 1 aliphatic rings. The Bertz CT molecular complexity index is 530. The van der Waals surface area contributed by atoms with Gasteiger partial charge >= 0.3 is 0 Å². The summed E-state index contributed by atoms with van der Waals surface area (Å²) in [5.41, 5.74) is 2.74. The maximum absolute atomic E-state index is 3.09. The molecule has 1 saturated heterocycles. The zero-order valence-electron chi connectivity index (χ0n) is 12.7. The van der Waals surface area contributed by atoms with Crippen molar-refractivity contribution in [3.05, 3.63) is 66.2 Å². The quantitative estimate of drug-likeness (QED) is 0.844. The molecule has 2 aromatic carbocycles. The first-order valence-corrected chi connectivity index (χ1v) is 7.78. The zero-order chi connectivity index (χ0) is 14.5. The van der Waals surface area contributed by atoms with Gasteiger partial charge in [-0.25, -0.2) is 0 Å². The summed E-state index contributed by atoms with van der Waals surface area (Å²) in [5, 5.41) is 0. The van der Waals surface area contributed by atoms with E-state index < -0.39 is 0 Å². The third-order valence-corrected chi connectivity index (χ3v) is 4.43. The second-order valence-electron chi connectivity index (χ2n) is 5.88. The highest BCUT2D eigenvalue weighted by atomic mass is 15.2. The molecule has 0 saturated carbocycles. The van der Waals surface area contributed by atoms with Gasteiger partial charge in [0.1, 0.15) is 0 Å². The molecule has 0 aromatic heterocycles. The van der Waals surface area contributed by atoms with E-state index in [2.05, 4.69) is 65.4 Å². The fourth-order valence-electron chi connectivity index (χ4n) is 3.15. The van der Waals surface area contributed by atoms with Gasteiger partial charge in [0.25, 0.3) is 0 Å². The Morgan fingerprint density at radius 2 is 1.71 bits per heavy atom. The van der Waals surface area contributed by atoms with E-state index in [1.165, 1.54) is 24.1 Å². The van der Waals surface area contributed by atoms with E-state index >= 15 is 0 Å². The summed E-state index contributed by atoms with van der Waals surface area (Å²) in [5.74, 6) is 0. The van der Waals surface area contributed by atoms with Crippen molar-refractivity contribution >= 4 is 5.69 Å². The lowest BCUT2D eigenvalue weighted by Gasteiger charge is -2.38. The highest BCUT2D eigenvalue weighted by Gasteiger charge is 2.22. The molecule has 2 aromatic rings. The topological polar surface area (TPSA) is 6.48 Å². The van der Waals surface area contributed by atoms with Crippen LogP contribution in [-0.2, 0) is 6.54 Å². The number of hydrogen-bond acceptors (Lipinski definition) is 2. The van der Waals surface area contributed by atoms with Crippen LogP contribution in [0.15, 0.2) is 54.6 Å². The molecule has 2 nitrogen and oxygen atoms in total. The molecule has 0 unspecified atom stereocenters. The molecule has 1 heterocycles. The highest BCUT2D eigenvalue weighted by molar-refractivity contribution is 5.46. The van der Waals surface area contributed by atoms with Gasteiger partial charge in [0.2, 0.25) is 0 Å². The molecule has 21 heavy (non-hydrogen) atoms. The van der Waals surface area contributed by atoms with Gasteiger partial charge in [0.05, 0.1) is 0 Å². The van der Waals surface area contributed by atoms with E-state index in [0.717, 1.165) is 19.6 Å². The summed E-state index contributed by atoms with van der Waals surface area (Å²) < 4.78 is 0. The van der Waals surface area contributed by atoms with Crippen LogP contribution in [0.3, 0.4) is 0 Å². The summed E-state index contributed by atoms with van der Waals surface area (Å²) in [6.07, 6.45) is 2.48. The average Bonchev–Trinajstić information content (AvgIpc) is 2.57. The van der Waals surface area contributed by atoms with E-state index in [1.54, 1.807) is 0 Å². The average molecular weight is 279 g/mol. The number of piperidine rings is 1. The lowest BCUT2D eigenvalue weighted by Crippen LogP contribution is -2.43. The highest BCUT2D eigenvalue weighted by Crippen LogP contribution is 2.22. The first kappa shape index (κ1) is 14.2. The van der Waals surface area contributed by atoms with E-state index in [9.17, 15) is 0 Å². The van der Waals surface area contributed by atoms with Crippen molar-refractivity contribution in [3.63, 3.8) is 0 Å². The lowest BCUT2D eigenvalue weighted by atomic mass is 10.0. The van der Waals surface area contributed by atoms with Gasteiger partial charge in [0.15, 0.2) is 0 Å². The van der Waals surface area contributed by atoms with Crippen LogP contribution < -0.4 is 4.90 Å². The maximum Gasteiger partial charge on any atom is 0.0366 e. The lowest BCUT2D eigenvalue weighted by molar-refractivity contribution is 0.200. The van der Waals surface area contributed by atoms with Gasteiger partial charge in [-0.15, -0.1) is 0 Å². The Morgan fingerprint density at radius 1 is 1.05 bits per heavy atom. The van der Waals surface area contributed by atoms with Crippen molar-refractivity contribution in [3.8, 4) is 0 Å². The van der Waals surface area contributed by atoms with E-state index in [0.29, 0.717) is 6.04 Å². The number of hydrogen-bond donors (Lipinski definition) is 0. The Hall–Kier alpha value is -1.80. The zero-order valence-corrected chi connectivity index (χ0v) is 12.7. The van der Waals surface area contributed by atoms with Crippen molar-refractivity contribution in [2.45, 2.75) is 25.4 Å². The first-order valence-electron chi connectivity index (χ1n) is 7.78. The third kappa shape index (κ3) is 3.64. The molecule has 1 radical (unpaired) electrons. The molecule has 1 aliphatic heterocycles. The van der Waals surface area contributed by atoms with Crippen molar-refractivity contribution in [1.82, 2.24) is 4.90 Å². The summed E-state index contributed by atoms with van der Waals surface area (Å²) in [4.78, 5) is 4.99. The molecule has 2 heteroatoms. The molecular formula is C19H23N2. The molecule has 0 amide bonds. The Morgan fingerprint density at radius 3 is 2.38 bits per heavy atom. The standard InChI is InChI=1S/C19H23N2/c1-20(16-17-8-4-2-5-9-17)18-12-14-21(15-13-18)19-10-6-3-7-11-19/h2,4-11,18H,12-16H2,1H3. The predicted molar refractivity (Wildman–Crippen MR) is 88.4 cm³/mol. The van der Waals surface area contributed by atoms with Crippen LogP contribution in [0.1, 0.15) is 18.4 Å². The predicted octanol–water partition coefficient (Wildman–Crippen LogP) is 3.59. The molecular weight excluding hydrogens is 256 g/mol. The van der Waals surface area contributed by atoms with E-state index in [1.807, 2.05) is 12.1 Å². The van der Waals surface area contributed by atoms with Crippen LogP contribution in [0, 0.1) is 6.07 Å². The molecule has 0 bridgehead atoms. The Kier molecular flexibility index (Phi) is 4.56. The first-order chi connectivity index (χ1) is 10.3. The molecule has 3 rings (SSSR count). The number of anilines is 1. The van der Waals surface area contributed by atoms with Crippen molar-refractivity contribution in [2.24, 2.45) is 0 Å². The summed E-state index contributed by atoms with van der Waals surface area (Å²) in [6.45, 7) is 3.34. The van der Waals surface area contributed by atoms with Crippen LogP contribution in [0.4, 0.5) is 5.69 Å². The molecule has 0 aliphatic carbocycles. The maximum atomic E-state index is 3.09. The second kappa shape index (κ2) is 6.77. The van der Waals surface area contributed by atoms with Gasteiger partial charge in [-0.05, 0) is 43.7 Å². The van der Waals surface area contributed by atoms with Crippen molar-refractivity contribution in [1.29, 1.82) is 0 Å². The van der Waals surface area contributed by atoms with Crippen molar-refractivity contribution in [2.75, 3.05) is 25.0 Å². The molecule has 109 valence electrons. The molecule has 0 atom stereocenters. The minimum absolute atomic E-state index is 0.691. The third-order valence-electron chi connectivity index (χ3n) is 4.43. The van der Waals surface area contributed by atoms with E-state index in [4.69, 9.17) is 0 Å². The summed E-state index contributed by atoms with van der Waals surface area (Å²) in [7, 11) is 2.25. The monoisotopic (exact) mass is 279 g/mol. The van der Waals surface area contributed by atoms with Crippen LogP contribution >= 0.6 is 0 Å². The molecule has 1 fully saturated rings. The van der Waals surface area contributed by atoms with Crippen molar-refractivity contribution < 1.29 is 0 Å². The Balaban J connectivity index is 1.53. The van der Waals surface area contributed by atoms with Crippen LogP contribution in [0.2, 0.25) is 0 Å². The summed E-state index contributed by atoms with van der Waals surface area (Å²) in [6, 6.07) is 22.9. The van der Waals surface area contributed by atoms with Gasteiger partial charge in [-0.2, -0.15) is 0 Å². The van der Waals surface area contributed by atoms with Crippen LogP contribution in [-0.4, -0.2) is 31.1 Å². The number of benzene rings is 2. The van der Waals surface area contributed by atoms with Gasteiger partial charge in [-0.3, -0.25) is 4.90 Å². The number of rotatable bonds is 4. The van der Waals surface area contributed by atoms with Crippen LogP contribution in [0.5, 0.6) is 0 Å². The SMILES string of the molecule is CN(Cc1ccccc1)C1CCN(c2cc[c]cc2)CC1. The molecule has 0 N–H and O–H groups in total.